The van der Waals surface area contributed by atoms with Gasteiger partial charge in [-0.2, -0.15) is 5.26 Å². The van der Waals surface area contributed by atoms with Gasteiger partial charge in [-0.05, 0) is 48.9 Å². The van der Waals surface area contributed by atoms with Crippen molar-refractivity contribution in [2.75, 3.05) is 12.4 Å². The monoisotopic (exact) mass is 494 g/mol. The number of nitrogens with one attached hydrogen (secondary N) is 1. The van der Waals surface area contributed by atoms with Gasteiger partial charge >= 0.3 is 0 Å². The van der Waals surface area contributed by atoms with Crippen LogP contribution >= 0.6 is 34.7 Å². The highest BCUT2D eigenvalue weighted by atomic mass is 35.5. The molecule has 0 aliphatic rings. The van der Waals surface area contributed by atoms with E-state index in [1.165, 1.54) is 23.1 Å². The number of rotatable bonds is 7. The summed E-state index contributed by atoms with van der Waals surface area (Å²) in [5.41, 5.74) is 2.81. The number of anilines is 1. The lowest BCUT2D eigenvalue weighted by atomic mass is 10.1. The Hall–Kier alpha value is -3.12. The van der Waals surface area contributed by atoms with Gasteiger partial charge in [0.05, 0.1) is 33.8 Å². The van der Waals surface area contributed by atoms with Crippen molar-refractivity contribution >= 4 is 56.0 Å². The summed E-state index contributed by atoms with van der Waals surface area (Å²) < 4.78 is 6.18. The van der Waals surface area contributed by atoms with Gasteiger partial charge in [0.25, 0.3) is 0 Å². The molecular formula is C24H19ClN4O2S2. The molecule has 0 radical (unpaired) electrons. The van der Waals surface area contributed by atoms with E-state index in [-0.39, 0.29) is 5.91 Å². The lowest BCUT2D eigenvalue weighted by molar-refractivity contribution is -0.115. The van der Waals surface area contributed by atoms with E-state index in [9.17, 15) is 10.1 Å². The third-order valence-electron chi connectivity index (χ3n) is 4.86. The first-order valence-corrected chi connectivity index (χ1v) is 12.2. The third kappa shape index (κ3) is 5.28. The maximum atomic E-state index is 13.0. The van der Waals surface area contributed by atoms with E-state index in [0.29, 0.717) is 32.9 Å². The van der Waals surface area contributed by atoms with Crippen LogP contribution in [0.5, 0.6) is 5.75 Å². The van der Waals surface area contributed by atoms with Crippen LogP contribution in [-0.2, 0) is 4.79 Å². The van der Waals surface area contributed by atoms with Gasteiger partial charge in [-0.1, -0.05) is 53.8 Å². The molecule has 0 saturated heterocycles. The Labute approximate surface area is 204 Å². The molecule has 33 heavy (non-hydrogen) atoms. The molecule has 0 saturated carbocycles. The normalized spacial score (nSPS) is 11.7. The molecule has 4 rings (SSSR count). The predicted molar refractivity (Wildman–Crippen MR) is 134 cm³/mol. The number of nitriles is 1. The zero-order valence-corrected chi connectivity index (χ0v) is 20.2. The van der Waals surface area contributed by atoms with Gasteiger partial charge in [-0.3, -0.25) is 4.79 Å². The summed E-state index contributed by atoms with van der Waals surface area (Å²) in [6, 6.07) is 18.6. The topological polar surface area (TPSA) is 87.9 Å². The Morgan fingerprint density at radius 1 is 1.21 bits per heavy atom. The number of pyridine rings is 1. The minimum atomic E-state index is -0.438. The van der Waals surface area contributed by atoms with E-state index < -0.39 is 5.25 Å². The smallest absolute Gasteiger partial charge is 0.239 e. The summed E-state index contributed by atoms with van der Waals surface area (Å²) in [6.45, 7) is 1.93. The number of aromatic nitrogens is 2. The number of methoxy groups -OCH3 is 1. The number of halogens is 1. The zero-order chi connectivity index (χ0) is 23.4. The SMILES string of the molecule is CCC(Sc1nc(-c2ccc(Cl)cc2)ccc1C#N)C(=O)Nc1nc2ccc(OC)cc2s1. The van der Waals surface area contributed by atoms with Crippen molar-refractivity contribution in [3.63, 3.8) is 0 Å². The van der Waals surface area contributed by atoms with Crippen LogP contribution in [0.3, 0.4) is 0 Å². The highest BCUT2D eigenvalue weighted by Crippen LogP contribution is 2.33. The van der Waals surface area contributed by atoms with Crippen molar-refractivity contribution in [1.82, 2.24) is 9.97 Å². The van der Waals surface area contributed by atoms with Gasteiger partial charge in [0, 0.05) is 10.6 Å². The highest BCUT2D eigenvalue weighted by molar-refractivity contribution is 8.00. The second-order valence-corrected chi connectivity index (χ2v) is 9.68. The van der Waals surface area contributed by atoms with Gasteiger partial charge in [-0.25, -0.2) is 9.97 Å². The third-order valence-corrected chi connectivity index (χ3v) is 7.42. The van der Waals surface area contributed by atoms with Crippen molar-refractivity contribution < 1.29 is 9.53 Å². The molecule has 166 valence electrons. The number of amides is 1. The van der Waals surface area contributed by atoms with Crippen molar-refractivity contribution in [1.29, 1.82) is 5.26 Å². The minimum Gasteiger partial charge on any atom is -0.497 e. The van der Waals surface area contributed by atoms with E-state index in [2.05, 4.69) is 21.4 Å². The number of hydrogen-bond donors (Lipinski definition) is 1. The summed E-state index contributed by atoms with van der Waals surface area (Å²) in [5.74, 6) is 0.554. The summed E-state index contributed by atoms with van der Waals surface area (Å²) in [5, 5.41) is 13.7. The Kier molecular flexibility index (Phi) is 7.14. The van der Waals surface area contributed by atoms with Crippen LogP contribution in [0.25, 0.3) is 21.5 Å². The lowest BCUT2D eigenvalue weighted by Crippen LogP contribution is -2.24. The van der Waals surface area contributed by atoms with Crippen LogP contribution in [0.4, 0.5) is 5.13 Å². The fourth-order valence-electron chi connectivity index (χ4n) is 3.13. The first-order chi connectivity index (χ1) is 16.0. The van der Waals surface area contributed by atoms with Crippen molar-refractivity contribution in [2.45, 2.75) is 23.6 Å². The molecule has 2 aromatic carbocycles. The lowest BCUT2D eigenvalue weighted by Gasteiger charge is -2.14. The number of benzene rings is 2. The molecule has 0 bridgehead atoms. The Morgan fingerprint density at radius 3 is 2.70 bits per heavy atom. The number of thioether (sulfide) groups is 1. The number of ether oxygens (including phenoxy) is 1. The number of hydrogen-bond acceptors (Lipinski definition) is 7. The number of carbonyl (C=O) groups is 1. The average molecular weight is 495 g/mol. The number of thiazole rings is 1. The standard InChI is InChI=1S/C24H19ClN4O2S2/c1-3-20(22(30)29-24-28-19-11-9-17(31-2)12-21(19)33-24)32-23-15(13-26)6-10-18(27-23)14-4-7-16(25)8-5-14/h4-12,20H,3H2,1-2H3,(H,28,29,30). The van der Waals surface area contributed by atoms with Crippen LogP contribution in [0.2, 0.25) is 5.02 Å². The van der Waals surface area contributed by atoms with Crippen molar-refractivity contribution in [3.8, 4) is 23.1 Å². The minimum absolute atomic E-state index is 0.184. The van der Waals surface area contributed by atoms with Gasteiger partial charge < -0.3 is 10.1 Å². The maximum absolute atomic E-state index is 13.0. The van der Waals surface area contributed by atoms with Crippen LogP contribution in [0.1, 0.15) is 18.9 Å². The molecule has 4 aromatic rings. The Morgan fingerprint density at radius 2 is 2.00 bits per heavy atom. The van der Waals surface area contributed by atoms with Gasteiger partial charge in [0.1, 0.15) is 16.8 Å². The number of carbonyl (C=O) groups excluding carboxylic acids is 1. The van der Waals surface area contributed by atoms with Gasteiger partial charge in [0.15, 0.2) is 5.13 Å². The van der Waals surface area contributed by atoms with Gasteiger partial charge in [-0.15, -0.1) is 0 Å². The van der Waals surface area contributed by atoms with Crippen LogP contribution in [-0.4, -0.2) is 28.2 Å². The van der Waals surface area contributed by atoms with Crippen LogP contribution < -0.4 is 10.1 Å². The largest absolute Gasteiger partial charge is 0.497 e. The first-order valence-electron chi connectivity index (χ1n) is 10.1. The fourth-order valence-corrected chi connectivity index (χ4v) is 5.14. The molecule has 9 heteroatoms. The molecule has 1 amide bonds. The summed E-state index contributed by atoms with van der Waals surface area (Å²) >= 11 is 8.65. The molecule has 2 aromatic heterocycles. The molecule has 1 N–H and O–H groups in total. The van der Waals surface area contributed by atoms with E-state index in [1.54, 1.807) is 31.4 Å². The predicted octanol–water partition coefficient (Wildman–Crippen LogP) is 6.40. The molecule has 0 fully saturated rings. The zero-order valence-electron chi connectivity index (χ0n) is 17.8. The molecule has 1 unspecified atom stereocenters. The summed E-state index contributed by atoms with van der Waals surface area (Å²) in [4.78, 5) is 22.2. The van der Waals surface area contributed by atoms with Crippen molar-refractivity contribution in [3.05, 3.63) is 65.2 Å². The average Bonchev–Trinajstić information content (AvgIpc) is 3.24. The number of fused-ring (bicyclic) bond motifs is 1. The van der Waals surface area contributed by atoms with Crippen LogP contribution in [0.15, 0.2) is 59.6 Å². The Bertz CT molecular complexity index is 1350. The second-order valence-electron chi connectivity index (χ2n) is 7.02. The molecular weight excluding hydrogens is 476 g/mol. The molecule has 0 spiro atoms. The Balaban J connectivity index is 1.55. The molecule has 0 aliphatic heterocycles. The fraction of sp³-hybridized carbons (Fsp3) is 0.167. The quantitative estimate of drug-likeness (QED) is 0.299. The molecule has 2 heterocycles. The van der Waals surface area contributed by atoms with Crippen LogP contribution in [0, 0.1) is 11.3 Å². The number of nitrogens with zero attached hydrogens (tertiary/aromatic N) is 3. The van der Waals surface area contributed by atoms with E-state index in [1.807, 2.05) is 37.3 Å². The molecule has 1 atom stereocenters. The van der Waals surface area contributed by atoms with Crippen molar-refractivity contribution in [2.24, 2.45) is 0 Å². The molecule has 0 aliphatic carbocycles. The highest BCUT2D eigenvalue weighted by Gasteiger charge is 2.22. The first kappa shape index (κ1) is 23.1. The van der Waals surface area contributed by atoms with E-state index in [0.717, 1.165) is 21.5 Å². The van der Waals surface area contributed by atoms with E-state index >= 15 is 0 Å². The van der Waals surface area contributed by atoms with E-state index in [4.69, 9.17) is 16.3 Å². The maximum Gasteiger partial charge on any atom is 0.239 e. The summed E-state index contributed by atoms with van der Waals surface area (Å²) in [6.07, 6.45) is 0.562. The molecule has 6 nitrogen and oxygen atoms in total. The summed E-state index contributed by atoms with van der Waals surface area (Å²) in [7, 11) is 1.61. The van der Waals surface area contributed by atoms with Gasteiger partial charge in [0.2, 0.25) is 5.91 Å². The second kappa shape index (κ2) is 10.2.